The van der Waals surface area contributed by atoms with Crippen LogP contribution in [0.2, 0.25) is 0 Å². The second-order valence-electron chi connectivity index (χ2n) is 5.18. The van der Waals surface area contributed by atoms with Crippen LogP contribution in [0.4, 0.5) is 0 Å². The van der Waals surface area contributed by atoms with Crippen LogP contribution in [0.1, 0.15) is 32.8 Å². The molecule has 0 N–H and O–H groups in total. The lowest BCUT2D eigenvalue weighted by atomic mass is 9.93. The fourth-order valence-electron chi connectivity index (χ4n) is 1.38. The van der Waals surface area contributed by atoms with Gasteiger partial charge in [-0.25, -0.2) is 0 Å². The summed E-state index contributed by atoms with van der Waals surface area (Å²) in [5.74, 6) is 0.901. The van der Waals surface area contributed by atoms with Crippen LogP contribution in [-0.4, -0.2) is 13.7 Å². The van der Waals surface area contributed by atoms with Crippen molar-refractivity contribution in [2.24, 2.45) is 5.41 Å². The van der Waals surface area contributed by atoms with Crippen molar-refractivity contribution in [3.63, 3.8) is 0 Å². The molecule has 0 heterocycles. The van der Waals surface area contributed by atoms with E-state index in [1.54, 1.807) is 7.11 Å². The van der Waals surface area contributed by atoms with Crippen molar-refractivity contribution >= 4 is 0 Å². The van der Waals surface area contributed by atoms with Crippen LogP contribution in [0.5, 0.6) is 5.75 Å². The van der Waals surface area contributed by atoms with E-state index < -0.39 is 0 Å². The molecule has 0 bridgehead atoms. The molecule has 2 nitrogen and oxygen atoms in total. The summed E-state index contributed by atoms with van der Waals surface area (Å²) in [5.41, 5.74) is 1.44. The van der Waals surface area contributed by atoms with E-state index in [9.17, 15) is 0 Å². The number of rotatable bonds is 5. The Labute approximate surface area is 98.6 Å². The van der Waals surface area contributed by atoms with Gasteiger partial charge in [0.15, 0.2) is 0 Å². The van der Waals surface area contributed by atoms with Gasteiger partial charge in [-0.1, -0.05) is 39.0 Å². The maximum Gasteiger partial charge on any atom is 0.124 e. The van der Waals surface area contributed by atoms with E-state index in [0.29, 0.717) is 12.0 Å². The molecule has 0 aliphatic rings. The van der Waals surface area contributed by atoms with Crippen LogP contribution >= 0.6 is 0 Å². The number of para-hydroxylation sites is 1. The molecule has 0 spiro atoms. The second kappa shape index (κ2) is 5.90. The first-order chi connectivity index (χ1) is 7.53. The average Bonchev–Trinajstić information content (AvgIpc) is 2.23. The number of benzene rings is 1. The molecule has 0 saturated heterocycles. The molecule has 0 amide bonds. The first-order valence-corrected chi connectivity index (χ1v) is 5.72. The van der Waals surface area contributed by atoms with Crippen molar-refractivity contribution in [1.29, 1.82) is 0 Å². The highest BCUT2D eigenvalue weighted by Crippen LogP contribution is 2.20. The first-order valence-electron chi connectivity index (χ1n) is 5.72. The van der Waals surface area contributed by atoms with E-state index in [1.165, 1.54) is 0 Å². The summed E-state index contributed by atoms with van der Waals surface area (Å²) in [6.07, 6.45) is 1.07. The van der Waals surface area contributed by atoms with Crippen molar-refractivity contribution < 1.29 is 9.47 Å². The zero-order chi connectivity index (χ0) is 12.0. The maximum absolute atomic E-state index is 5.66. The fourth-order valence-corrected chi connectivity index (χ4v) is 1.38. The van der Waals surface area contributed by atoms with Gasteiger partial charge in [-0.05, 0) is 17.9 Å². The first kappa shape index (κ1) is 13.0. The van der Waals surface area contributed by atoms with E-state index >= 15 is 0 Å². The quantitative estimate of drug-likeness (QED) is 0.708. The van der Waals surface area contributed by atoms with Gasteiger partial charge >= 0.3 is 0 Å². The molecule has 1 aromatic carbocycles. The van der Waals surface area contributed by atoms with Crippen molar-refractivity contribution in [2.75, 3.05) is 13.7 Å². The Bertz CT molecular complexity index is 313. The lowest BCUT2D eigenvalue weighted by molar-refractivity contribution is 0.0948. The lowest BCUT2D eigenvalue weighted by Crippen LogP contribution is -2.09. The summed E-state index contributed by atoms with van der Waals surface area (Å²) in [6.45, 7) is 8.08. The molecule has 0 fully saturated rings. The highest BCUT2D eigenvalue weighted by molar-refractivity contribution is 5.32. The molecular formula is C14H22O2. The van der Waals surface area contributed by atoms with Gasteiger partial charge in [0.25, 0.3) is 0 Å². The zero-order valence-electron chi connectivity index (χ0n) is 10.7. The van der Waals surface area contributed by atoms with Gasteiger partial charge in [-0.15, -0.1) is 0 Å². The topological polar surface area (TPSA) is 18.5 Å². The van der Waals surface area contributed by atoms with Gasteiger partial charge in [0.2, 0.25) is 0 Å². The minimum absolute atomic E-state index is 0.334. The van der Waals surface area contributed by atoms with Crippen LogP contribution < -0.4 is 4.74 Å². The second-order valence-corrected chi connectivity index (χ2v) is 5.18. The highest BCUT2D eigenvalue weighted by atomic mass is 16.5. The third-order valence-electron chi connectivity index (χ3n) is 2.45. The predicted octanol–water partition coefficient (Wildman–Crippen LogP) is 3.65. The van der Waals surface area contributed by atoms with Crippen LogP contribution in [0.15, 0.2) is 24.3 Å². The SMILES string of the molecule is COc1ccccc1COCCC(C)(C)C. The van der Waals surface area contributed by atoms with E-state index in [4.69, 9.17) is 9.47 Å². The molecule has 0 aliphatic carbocycles. The predicted molar refractivity (Wildman–Crippen MR) is 66.7 cm³/mol. The monoisotopic (exact) mass is 222 g/mol. The zero-order valence-corrected chi connectivity index (χ0v) is 10.7. The Morgan fingerprint density at radius 2 is 1.81 bits per heavy atom. The van der Waals surface area contributed by atoms with Crippen LogP contribution in [-0.2, 0) is 11.3 Å². The molecular weight excluding hydrogens is 200 g/mol. The Balaban J connectivity index is 2.37. The minimum atomic E-state index is 0.334. The van der Waals surface area contributed by atoms with Gasteiger partial charge in [0.05, 0.1) is 13.7 Å². The van der Waals surface area contributed by atoms with E-state index in [2.05, 4.69) is 20.8 Å². The Morgan fingerprint density at radius 3 is 2.44 bits per heavy atom. The van der Waals surface area contributed by atoms with Crippen molar-refractivity contribution in [1.82, 2.24) is 0 Å². The van der Waals surface area contributed by atoms with Crippen LogP contribution in [0, 0.1) is 5.41 Å². The Hall–Kier alpha value is -1.02. The summed E-state index contributed by atoms with van der Waals surface area (Å²) >= 11 is 0. The average molecular weight is 222 g/mol. The number of ether oxygens (including phenoxy) is 2. The molecule has 0 radical (unpaired) electrons. The molecule has 1 rings (SSSR count). The van der Waals surface area contributed by atoms with E-state index in [-0.39, 0.29) is 0 Å². The Kier molecular flexibility index (Phi) is 4.81. The smallest absolute Gasteiger partial charge is 0.124 e. The summed E-state index contributed by atoms with van der Waals surface area (Å²) in [4.78, 5) is 0. The Morgan fingerprint density at radius 1 is 1.12 bits per heavy atom. The minimum Gasteiger partial charge on any atom is -0.496 e. The standard InChI is InChI=1S/C14H22O2/c1-14(2,3)9-10-16-11-12-7-5-6-8-13(12)15-4/h5-8H,9-11H2,1-4H3. The lowest BCUT2D eigenvalue weighted by Gasteiger charge is -2.18. The summed E-state index contributed by atoms with van der Waals surface area (Å²) < 4.78 is 10.9. The largest absolute Gasteiger partial charge is 0.496 e. The molecule has 2 heteroatoms. The van der Waals surface area contributed by atoms with Gasteiger partial charge in [0, 0.05) is 12.2 Å². The molecule has 0 aliphatic heterocycles. The van der Waals surface area contributed by atoms with Gasteiger partial charge < -0.3 is 9.47 Å². The molecule has 0 aromatic heterocycles. The molecule has 16 heavy (non-hydrogen) atoms. The number of hydrogen-bond donors (Lipinski definition) is 0. The van der Waals surface area contributed by atoms with Crippen molar-refractivity contribution in [3.05, 3.63) is 29.8 Å². The normalized spacial score (nSPS) is 11.5. The molecule has 90 valence electrons. The third-order valence-corrected chi connectivity index (χ3v) is 2.45. The fraction of sp³-hybridized carbons (Fsp3) is 0.571. The highest BCUT2D eigenvalue weighted by Gasteiger charge is 2.09. The summed E-state index contributed by atoms with van der Waals surface area (Å²) in [7, 11) is 1.69. The number of hydrogen-bond acceptors (Lipinski definition) is 2. The maximum atomic E-state index is 5.66. The van der Waals surface area contributed by atoms with E-state index in [0.717, 1.165) is 24.3 Å². The molecule has 1 aromatic rings. The van der Waals surface area contributed by atoms with Crippen molar-refractivity contribution in [3.8, 4) is 5.75 Å². The summed E-state index contributed by atoms with van der Waals surface area (Å²) in [5, 5.41) is 0. The molecule has 0 saturated carbocycles. The number of methoxy groups -OCH3 is 1. The van der Waals surface area contributed by atoms with Gasteiger partial charge in [0.1, 0.15) is 5.75 Å². The van der Waals surface area contributed by atoms with E-state index in [1.807, 2.05) is 24.3 Å². The third kappa shape index (κ3) is 4.67. The van der Waals surface area contributed by atoms with Gasteiger partial charge in [-0.2, -0.15) is 0 Å². The van der Waals surface area contributed by atoms with Gasteiger partial charge in [-0.3, -0.25) is 0 Å². The molecule has 0 atom stereocenters. The van der Waals surface area contributed by atoms with Crippen molar-refractivity contribution in [2.45, 2.75) is 33.8 Å². The molecule has 0 unspecified atom stereocenters. The summed E-state index contributed by atoms with van der Waals surface area (Å²) in [6, 6.07) is 7.97. The van der Waals surface area contributed by atoms with Crippen LogP contribution in [0.3, 0.4) is 0 Å². The van der Waals surface area contributed by atoms with Crippen LogP contribution in [0.25, 0.3) is 0 Å².